The number of carboxylic acids is 1. The molecule has 3 aliphatic rings. The number of fused-ring (bicyclic) bond motifs is 2. The smallest absolute Gasteiger partial charge is 0.305 e. The molecule has 0 bridgehead atoms. The number of aliphatic carboxylic acids is 1. The number of imidazole rings is 1. The van der Waals surface area contributed by atoms with Crippen molar-refractivity contribution < 1.29 is 19.5 Å². The van der Waals surface area contributed by atoms with Crippen molar-refractivity contribution in [3.63, 3.8) is 0 Å². The molecule has 3 heterocycles. The molecule has 1 aromatic carbocycles. The lowest BCUT2D eigenvalue weighted by atomic mass is 9.93. The first-order chi connectivity index (χ1) is 18.9. The van der Waals surface area contributed by atoms with Gasteiger partial charge in [-0.1, -0.05) is 0 Å². The fourth-order valence-corrected chi connectivity index (χ4v) is 6.10. The average Bonchev–Trinajstić information content (AvgIpc) is 3.30. The minimum absolute atomic E-state index is 0.0576. The molecule has 1 saturated heterocycles. The highest BCUT2D eigenvalue weighted by atomic mass is 16.4. The van der Waals surface area contributed by atoms with Crippen LogP contribution < -0.4 is 10.6 Å². The number of carbonyl (C=O) groups is 3. The molecule has 1 fully saturated rings. The summed E-state index contributed by atoms with van der Waals surface area (Å²) in [5, 5.41) is 15.8. The van der Waals surface area contributed by atoms with Crippen LogP contribution in [0.4, 0.5) is 5.69 Å². The number of piperidine rings is 1. The van der Waals surface area contributed by atoms with Gasteiger partial charge in [0, 0.05) is 37.1 Å². The molecule has 4 N–H and O–H groups in total. The van der Waals surface area contributed by atoms with Gasteiger partial charge in [0.1, 0.15) is 11.9 Å². The maximum absolute atomic E-state index is 13.9. The fourth-order valence-electron chi connectivity index (χ4n) is 6.10. The van der Waals surface area contributed by atoms with Crippen molar-refractivity contribution in [1.82, 2.24) is 25.1 Å². The summed E-state index contributed by atoms with van der Waals surface area (Å²) in [5.41, 5.74) is 4.39. The summed E-state index contributed by atoms with van der Waals surface area (Å²) in [6.07, 6.45) is 8.44. The molecule has 0 radical (unpaired) electrons. The molecule has 0 unspecified atom stereocenters. The Morgan fingerprint density at radius 3 is 2.74 bits per heavy atom. The van der Waals surface area contributed by atoms with Crippen LogP contribution >= 0.6 is 0 Å². The van der Waals surface area contributed by atoms with Crippen molar-refractivity contribution in [2.75, 3.05) is 32.0 Å². The van der Waals surface area contributed by atoms with Gasteiger partial charge in [-0.25, -0.2) is 4.98 Å². The summed E-state index contributed by atoms with van der Waals surface area (Å²) in [6.45, 7) is 3.53. The topological polar surface area (TPSA) is 131 Å². The van der Waals surface area contributed by atoms with E-state index < -0.39 is 12.0 Å². The van der Waals surface area contributed by atoms with Gasteiger partial charge in [0.2, 0.25) is 5.91 Å². The highest BCUT2D eigenvalue weighted by molar-refractivity contribution is 5.96. The molecule has 0 spiro atoms. The summed E-state index contributed by atoms with van der Waals surface area (Å²) >= 11 is 0. The quantitative estimate of drug-likeness (QED) is 0.388. The van der Waals surface area contributed by atoms with Crippen LogP contribution in [0.5, 0.6) is 0 Å². The second kappa shape index (κ2) is 12.2. The number of aromatic amines is 1. The molecular weight excluding hydrogens is 496 g/mol. The highest BCUT2D eigenvalue weighted by Crippen LogP contribution is 2.27. The first-order valence-electron chi connectivity index (χ1n) is 14.3. The van der Waals surface area contributed by atoms with E-state index in [1.165, 1.54) is 29.9 Å². The van der Waals surface area contributed by atoms with Crippen LogP contribution in [0.25, 0.3) is 0 Å². The van der Waals surface area contributed by atoms with E-state index in [0.717, 1.165) is 62.3 Å². The zero-order chi connectivity index (χ0) is 27.4. The van der Waals surface area contributed by atoms with Gasteiger partial charge in [0.05, 0.1) is 18.7 Å². The number of rotatable bonds is 9. The molecule has 5 rings (SSSR count). The molecule has 10 heteroatoms. The van der Waals surface area contributed by atoms with Crippen LogP contribution in [0.2, 0.25) is 0 Å². The summed E-state index contributed by atoms with van der Waals surface area (Å²) in [7, 11) is 1.66. The van der Waals surface area contributed by atoms with Crippen molar-refractivity contribution in [2.45, 2.75) is 76.9 Å². The number of amides is 2. The van der Waals surface area contributed by atoms with Gasteiger partial charge < -0.3 is 30.5 Å². The number of hydrogen-bond donors (Lipinski definition) is 4. The molecule has 210 valence electrons. The lowest BCUT2D eigenvalue weighted by Gasteiger charge is -2.26. The SMILES string of the molecule is CN1Cc2cc(C(=O)N(CCCC3CCNCC3)Cc3nc4c([nH]3)CCCC4)ccc2N[C@@H](CC(=O)O)C1=O. The van der Waals surface area contributed by atoms with Crippen molar-refractivity contribution in [1.29, 1.82) is 0 Å². The number of carboxylic acid groups (broad SMARTS) is 1. The van der Waals surface area contributed by atoms with Crippen LogP contribution in [-0.4, -0.2) is 75.4 Å². The van der Waals surface area contributed by atoms with E-state index in [9.17, 15) is 19.5 Å². The molecule has 2 amide bonds. The van der Waals surface area contributed by atoms with Crippen LogP contribution in [0, 0.1) is 5.92 Å². The van der Waals surface area contributed by atoms with E-state index in [4.69, 9.17) is 4.98 Å². The monoisotopic (exact) mass is 536 g/mol. The number of H-pyrrole nitrogens is 1. The van der Waals surface area contributed by atoms with Gasteiger partial charge in [-0.15, -0.1) is 0 Å². The second-order valence-electron chi connectivity index (χ2n) is 11.2. The normalized spacial score (nSPS) is 19.6. The van der Waals surface area contributed by atoms with Crippen molar-refractivity contribution in [2.24, 2.45) is 5.92 Å². The molecule has 39 heavy (non-hydrogen) atoms. The predicted molar refractivity (Wildman–Crippen MR) is 147 cm³/mol. The fraction of sp³-hybridized carbons (Fsp3) is 0.586. The van der Waals surface area contributed by atoms with E-state index in [2.05, 4.69) is 15.6 Å². The Kier molecular flexibility index (Phi) is 8.50. The van der Waals surface area contributed by atoms with E-state index in [0.29, 0.717) is 36.8 Å². The van der Waals surface area contributed by atoms with Gasteiger partial charge in [0.25, 0.3) is 5.91 Å². The average molecular weight is 537 g/mol. The molecule has 2 aromatic rings. The van der Waals surface area contributed by atoms with Gasteiger partial charge in [-0.2, -0.15) is 0 Å². The molecule has 1 atom stereocenters. The summed E-state index contributed by atoms with van der Waals surface area (Å²) in [5.74, 6) is 0.171. The maximum Gasteiger partial charge on any atom is 0.305 e. The number of carbonyl (C=O) groups excluding carboxylic acids is 2. The Hall–Kier alpha value is -3.40. The first-order valence-corrected chi connectivity index (χ1v) is 14.3. The number of aryl methyl sites for hydroxylation is 2. The van der Waals surface area contributed by atoms with Gasteiger partial charge in [-0.3, -0.25) is 14.4 Å². The number of nitrogens with zero attached hydrogens (tertiary/aromatic N) is 3. The van der Waals surface area contributed by atoms with Crippen molar-refractivity contribution in [3.05, 3.63) is 46.5 Å². The Balaban J connectivity index is 1.34. The Bertz CT molecular complexity index is 1180. The molecular formula is C29H40N6O4. The van der Waals surface area contributed by atoms with Gasteiger partial charge >= 0.3 is 5.97 Å². The predicted octanol–water partition coefficient (Wildman–Crippen LogP) is 2.94. The third-order valence-corrected chi connectivity index (χ3v) is 8.27. The zero-order valence-corrected chi connectivity index (χ0v) is 22.8. The Morgan fingerprint density at radius 2 is 1.97 bits per heavy atom. The van der Waals surface area contributed by atoms with Crippen LogP contribution in [0.3, 0.4) is 0 Å². The number of aromatic nitrogens is 2. The Morgan fingerprint density at radius 1 is 1.18 bits per heavy atom. The van der Waals surface area contributed by atoms with E-state index >= 15 is 0 Å². The largest absolute Gasteiger partial charge is 0.481 e. The number of likely N-dealkylation sites (N-methyl/N-ethyl adjacent to an activating group) is 1. The van der Waals surface area contributed by atoms with E-state index in [1.807, 2.05) is 11.0 Å². The third-order valence-electron chi connectivity index (χ3n) is 8.27. The number of nitrogens with one attached hydrogen (secondary N) is 3. The molecule has 1 aromatic heterocycles. The second-order valence-corrected chi connectivity index (χ2v) is 11.2. The van der Waals surface area contributed by atoms with E-state index in [-0.39, 0.29) is 18.2 Å². The van der Waals surface area contributed by atoms with Crippen molar-refractivity contribution in [3.8, 4) is 0 Å². The molecule has 10 nitrogen and oxygen atoms in total. The number of benzene rings is 1. The maximum atomic E-state index is 13.9. The minimum Gasteiger partial charge on any atom is -0.481 e. The van der Waals surface area contributed by atoms with Crippen LogP contribution in [0.1, 0.15) is 78.1 Å². The number of hydrogen-bond acceptors (Lipinski definition) is 6. The Labute approximate surface area is 229 Å². The van der Waals surface area contributed by atoms with Crippen LogP contribution in [-0.2, 0) is 35.5 Å². The third kappa shape index (κ3) is 6.61. The number of anilines is 1. The molecule has 1 aliphatic carbocycles. The lowest BCUT2D eigenvalue weighted by Crippen LogP contribution is -2.39. The molecule has 0 saturated carbocycles. The first kappa shape index (κ1) is 27.2. The van der Waals surface area contributed by atoms with Gasteiger partial charge in [0.15, 0.2) is 0 Å². The molecule has 2 aliphatic heterocycles. The highest BCUT2D eigenvalue weighted by Gasteiger charge is 2.30. The van der Waals surface area contributed by atoms with Crippen molar-refractivity contribution >= 4 is 23.5 Å². The lowest BCUT2D eigenvalue weighted by molar-refractivity contribution is -0.141. The minimum atomic E-state index is -1.04. The van der Waals surface area contributed by atoms with E-state index in [1.54, 1.807) is 19.2 Å². The summed E-state index contributed by atoms with van der Waals surface area (Å²) in [6, 6.07) is 4.56. The van der Waals surface area contributed by atoms with Gasteiger partial charge in [-0.05, 0) is 94.1 Å². The zero-order valence-electron chi connectivity index (χ0n) is 22.8. The summed E-state index contributed by atoms with van der Waals surface area (Å²) < 4.78 is 0. The standard InChI is InChI=1S/C29H40N6O4/c1-34-17-21-15-20(8-9-22(21)31-25(29(34)39)16-27(36)37)28(38)35(14-4-5-19-10-12-30-13-11-19)18-26-32-23-6-2-3-7-24(23)33-26/h8-9,15,19,25,30-31H,2-7,10-14,16-18H2,1H3,(H,32,33)(H,36,37)/t25-/m0/s1. The van der Waals surface area contributed by atoms with Crippen LogP contribution in [0.15, 0.2) is 18.2 Å². The summed E-state index contributed by atoms with van der Waals surface area (Å²) in [4.78, 5) is 49.7.